The van der Waals surface area contributed by atoms with Gasteiger partial charge in [-0.15, -0.1) is 0 Å². The number of nitrogens with one attached hydrogen (secondary N) is 1. The summed E-state index contributed by atoms with van der Waals surface area (Å²) >= 11 is 1.12. The van der Waals surface area contributed by atoms with Crippen LogP contribution in [-0.4, -0.2) is 17.0 Å². The number of hydrogen-bond acceptors (Lipinski definition) is 4. The topological polar surface area (TPSA) is 37.8 Å². The fourth-order valence-corrected chi connectivity index (χ4v) is 2.82. The molecule has 1 N–H and O–H groups in total. The Kier molecular flexibility index (Phi) is 5.12. The molecule has 0 spiro atoms. The maximum absolute atomic E-state index is 13.8. The van der Waals surface area contributed by atoms with E-state index in [1.807, 2.05) is 13.8 Å². The van der Waals surface area contributed by atoms with Gasteiger partial charge in [-0.3, -0.25) is 0 Å². The number of aryl methyl sites for hydroxylation is 1. The van der Waals surface area contributed by atoms with Crippen LogP contribution in [0.3, 0.4) is 0 Å². The minimum Gasteiger partial charge on any atom is -0.373 e. The van der Waals surface area contributed by atoms with Gasteiger partial charge in [0.25, 0.3) is 0 Å². The largest absolute Gasteiger partial charge is 0.373 e. The summed E-state index contributed by atoms with van der Waals surface area (Å²) in [6.07, 6.45) is 1.67. The van der Waals surface area contributed by atoms with Crippen LogP contribution in [0, 0.1) is 18.6 Å². The molecule has 0 aliphatic rings. The summed E-state index contributed by atoms with van der Waals surface area (Å²) in [4.78, 5) is 9.10. The van der Waals surface area contributed by atoms with E-state index in [-0.39, 0.29) is 4.90 Å². The maximum Gasteiger partial charge on any atom is 0.137 e. The second-order valence-corrected chi connectivity index (χ2v) is 5.63. The zero-order valence-electron chi connectivity index (χ0n) is 12.2. The van der Waals surface area contributed by atoms with Crippen molar-refractivity contribution in [2.45, 2.75) is 36.6 Å². The zero-order valence-corrected chi connectivity index (χ0v) is 13.0. The van der Waals surface area contributed by atoms with E-state index >= 15 is 0 Å². The Bertz CT molecular complexity index is 647. The Morgan fingerprint density at radius 3 is 2.67 bits per heavy atom. The van der Waals surface area contributed by atoms with Gasteiger partial charge in [0, 0.05) is 19.0 Å². The molecule has 6 heteroatoms. The molecule has 1 aromatic heterocycles. The molecule has 0 aliphatic carbocycles. The van der Waals surface area contributed by atoms with Crippen molar-refractivity contribution in [2.75, 3.05) is 12.4 Å². The van der Waals surface area contributed by atoms with Crippen molar-refractivity contribution >= 4 is 17.6 Å². The Morgan fingerprint density at radius 1 is 1.24 bits per heavy atom. The Labute approximate surface area is 127 Å². The fourth-order valence-electron chi connectivity index (χ4n) is 1.88. The van der Waals surface area contributed by atoms with E-state index in [9.17, 15) is 8.78 Å². The van der Waals surface area contributed by atoms with Gasteiger partial charge < -0.3 is 5.32 Å². The monoisotopic (exact) mass is 309 g/mol. The van der Waals surface area contributed by atoms with Crippen molar-refractivity contribution in [1.29, 1.82) is 0 Å². The first-order valence-electron chi connectivity index (χ1n) is 6.73. The first-order valence-corrected chi connectivity index (χ1v) is 7.55. The molecule has 3 nitrogen and oxygen atoms in total. The lowest BCUT2D eigenvalue weighted by molar-refractivity contribution is 0.577. The minimum atomic E-state index is -0.465. The third-order valence-corrected chi connectivity index (χ3v) is 4.08. The van der Waals surface area contributed by atoms with Crippen LogP contribution in [0.25, 0.3) is 0 Å². The molecule has 1 aromatic carbocycles. The van der Waals surface area contributed by atoms with Crippen LogP contribution in [0.4, 0.5) is 14.6 Å². The van der Waals surface area contributed by atoms with E-state index < -0.39 is 11.6 Å². The molecule has 2 rings (SSSR count). The first kappa shape index (κ1) is 15.7. The second-order valence-electron chi connectivity index (χ2n) is 4.60. The summed E-state index contributed by atoms with van der Waals surface area (Å²) in [6, 6.07) is 3.41. The molecule has 2 aromatic rings. The lowest BCUT2D eigenvalue weighted by atomic mass is 10.3. The molecule has 0 radical (unpaired) electrons. The Morgan fingerprint density at radius 2 is 2.00 bits per heavy atom. The van der Waals surface area contributed by atoms with Crippen LogP contribution in [0.1, 0.15) is 24.7 Å². The van der Waals surface area contributed by atoms with Gasteiger partial charge in [-0.2, -0.15) is 0 Å². The van der Waals surface area contributed by atoms with E-state index in [4.69, 9.17) is 0 Å². The molecule has 0 unspecified atom stereocenters. The number of benzene rings is 1. The maximum atomic E-state index is 13.8. The van der Waals surface area contributed by atoms with Gasteiger partial charge in [0.1, 0.15) is 28.3 Å². The molecular formula is C15H17F2N3S. The second kappa shape index (κ2) is 6.85. The third-order valence-electron chi connectivity index (χ3n) is 2.96. The zero-order chi connectivity index (χ0) is 15.4. The van der Waals surface area contributed by atoms with Crippen LogP contribution in [-0.2, 0) is 6.42 Å². The van der Waals surface area contributed by atoms with Crippen molar-refractivity contribution < 1.29 is 8.78 Å². The summed E-state index contributed by atoms with van der Waals surface area (Å²) in [7, 11) is 1.78. The van der Waals surface area contributed by atoms with Crippen molar-refractivity contribution in [3.63, 3.8) is 0 Å². The van der Waals surface area contributed by atoms with E-state index in [0.29, 0.717) is 16.7 Å². The van der Waals surface area contributed by atoms with Crippen molar-refractivity contribution in [1.82, 2.24) is 9.97 Å². The highest BCUT2D eigenvalue weighted by molar-refractivity contribution is 7.99. The quantitative estimate of drug-likeness (QED) is 0.840. The molecule has 112 valence electrons. The van der Waals surface area contributed by atoms with E-state index in [2.05, 4.69) is 15.3 Å². The predicted octanol–water partition coefficient (Wildman–Crippen LogP) is 4.21. The molecule has 0 saturated carbocycles. The standard InChI is InChI=1S/C15H17F2N3S/c1-4-5-13-19-14(18-3)9(2)15(20-13)21-12-8-10(16)6-7-11(12)17/h6-8H,4-5H2,1-3H3,(H,18,19,20). The van der Waals surface area contributed by atoms with Gasteiger partial charge in [0.05, 0.1) is 4.90 Å². The molecule has 0 saturated heterocycles. The lowest BCUT2D eigenvalue weighted by Gasteiger charge is -2.12. The van der Waals surface area contributed by atoms with Crippen LogP contribution >= 0.6 is 11.8 Å². The van der Waals surface area contributed by atoms with Crippen molar-refractivity contribution in [2.24, 2.45) is 0 Å². The number of hydrogen-bond donors (Lipinski definition) is 1. The Balaban J connectivity index is 2.42. The van der Waals surface area contributed by atoms with E-state index in [1.165, 1.54) is 6.07 Å². The summed E-state index contributed by atoms with van der Waals surface area (Å²) in [6.45, 7) is 3.91. The molecule has 0 fully saturated rings. The van der Waals surface area contributed by atoms with Gasteiger partial charge in [-0.05, 0) is 31.5 Å². The van der Waals surface area contributed by atoms with Crippen LogP contribution in [0.2, 0.25) is 0 Å². The van der Waals surface area contributed by atoms with Crippen molar-refractivity contribution in [3.8, 4) is 0 Å². The number of halogens is 2. The normalized spacial score (nSPS) is 10.7. The fraction of sp³-hybridized carbons (Fsp3) is 0.333. The number of nitrogens with zero attached hydrogens (tertiary/aromatic N) is 2. The van der Waals surface area contributed by atoms with E-state index in [1.54, 1.807) is 7.05 Å². The summed E-state index contributed by atoms with van der Waals surface area (Å²) in [5, 5.41) is 3.65. The molecular weight excluding hydrogens is 292 g/mol. The predicted molar refractivity (Wildman–Crippen MR) is 80.8 cm³/mol. The SMILES string of the molecule is CCCc1nc(NC)c(C)c(Sc2cc(F)ccc2F)n1. The Hall–Kier alpha value is -1.69. The summed E-state index contributed by atoms with van der Waals surface area (Å²) < 4.78 is 27.0. The molecule has 0 bridgehead atoms. The lowest BCUT2D eigenvalue weighted by Crippen LogP contribution is -2.04. The average molecular weight is 309 g/mol. The molecule has 21 heavy (non-hydrogen) atoms. The average Bonchev–Trinajstić information content (AvgIpc) is 2.46. The molecule has 0 aliphatic heterocycles. The number of anilines is 1. The number of rotatable bonds is 5. The van der Waals surface area contributed by atoms with Crippen LogP contribution in [0.5, 0.6) is 0 Å². The third kappa shape index (κ3) is 3.69. The highest BCUT2D eigenvalue weighted by Gasteiger charge is 2.14. The van der Waals surface area contributed by atoms with Gasteiger partial charge in [-0.25, -0.2) is 18.7 Å². The highest BCUT2D eigenvalue weighted by Crippen LogP contribution is 2.33. The van der Waals surface area contributed by atoms with Crippen LogP contribution in [0.15, 0.2) is 28.1 Å². The van der Waals surface area contributed by atoms with Gasteiger partial charge in [-0.1, -0.05) is 18.7 Å². The molecule has 0 atom stereocenters. The summed E-state index contributed by atoms with van der Waals surface area (Å²) in [5.41, 5.74) is 0.825. The first-order chi connectivity index (χ1) is 10.0. The van der Waals surface area contributed by atoms with Gasteiger partial charge >= 0.3 is 0 Å². The highest BCUT2D eigenvalue weighted by atomic mass is 32.2. The minimum absolute atomic E-state index is 0.223. The molecule has 1 heterocycles. The van der Waals surface area contributed by atoms with Crippen molar-refractivity contribution in [3.05, 3.63) is 41.2 Å². The smallest absolute Gasteiger partial charge is 0.137 e. The van der Waals surface area contributed by atoms with Gasteiger partial charge in [0.2, 0.25) is 0 Å². The summed E-state index contributed by atoms with van der Waals surface area (Å²) in [5.74, 6) is 0.496. The van der Waals surface area contributed by atoms with Crippen LogP contribution < -0.4 is 5.32 Å². The molecule has 0 amide bonds. The van der Waals surface area contributed by atoms with Gasteiger partial charge in [0.15, 0.2) is 0 Å². The number of aromatic nitrogens is 2. The van der Waals surface area contributed by atoms with E-state index in [0.717, 1.165) is 42.3 Å².